The van der Waals surface area contributed by atoms with Gasteiger partial charge in [0.15, 0.2) is 0 Å². The van der Waals surface area contributed by atoms with Gasteiger partial charge in [-0.1, -0.05) is 19.8 Å². The van der Waals surface area contributed by atoms with Crippen molar-refractivity contribution in [3.63, 3.8) is 0 Å². The SMILES string of the molecule is COCC(C)CC(=O)N(CCN)C1CCCC1. The van der Waals surface area contributed by atoms with Crippen molar-refractivity contribution in [3.05, 3.63) is 0 Å². The van der Waals surface area contributed by atoms with Crippen molar-refractivity contribution in [1.29, 1.82) is 0 Å². The summed E-state index contributed by atoms with van der Waals surface area (Å²) in [7, 11) is 1.68. The van der Waals surface area contributed by atoms with Crippen LogP contribution in [0, 0.1) is 5.92 Å². The second-order valence-electron chi connectivity index (χ2n) is 5.08. The van der Waals surface area contributed by atoms with Crippen molar-refractivity contribution in [1.82, 2.24) is 4.90 Å². The molecule has 1 saturated carbocycles. The molecule has 4 heteroatoms. The maximum atomic E-state index is 12.2. The van der Waals surface area contributed by atoms with Crippen LogP contribution in [0.3, 0.4) is 0 Å². The van der Waals surface area contributed by atoms with Crippen LogP contribution in [0.2, 0.25) is 0 Å². The van der Waals surface area contributed by atoms with Crippen LogP contribution in [0.1, 0.15) is 39.0 Å². The molecule has 1 unspecified atom stereocenters. The molecule has 2 N–H and O–H groups in total. The fourth-order valence-electron chi connectivity index (χ4n) is 2.62. The Labute approximate surface area is 104 Å². The Hall–Kier alpha value is -0.610. The van der Waals surface area contributed by atoms with Crippen molar-refractivity contribution in [3.8, 4) is 0 Å². The van der Waals surface area contributed by atoms with Gasteiger partial charge in [0.1, 0.15) is 0 Å². The summed E-state index contributed by atoms with van der Waals surface area (Å²) in [5.74, 6) is 0.529. The zero-order chi connectivity index (χ0) is 12.7. The number of amides is 1. The number of carbonyl (C=O) groups excluding carboxylic acids is 1. The lowest BCUT2D eigenvalue weighted by Gasteiger charge is -2.29. The molecule has 0 aromatic rings. The minimum atomic E-state index is 0.243. The second-order valence-corrected chi connectivity index (χ2v) is 5.08. The van der Waals surface area contributed by atoms with Crippen LogP contribution in [0.15, 0.2) is 0 Å². The van der Waals surface area contributed by atoms with Gasteiger partial charge in [-0.25, -0.2) is 0 Å². The number of methoxy groups -OCH3 is 1. The average molecular weight is 242 g/mol. The Kier molecular flexibility index (Phi) is 6.52. The molecule has 1 rings (SSSR count). The van der Waals surface area contributed by atoms with Gasteiger partial charge in [0.2, 0.25) is 5.91 Å². The number of hydrogen-bond acceptors (Lipinski definition) is 3. The molecule has 0 aromatic heterocycles. The summed E-state index contributed by atoms with van der Waals surface area (Å²) < 4.78 is 5.07. The molecule has 0 heterocycles. The lowest BCUT2D eigenvalue weighted by molar-refractivity contribution is -0.134. The van der Waals surface area contributed by atoms with E-state index >= 15 is 0 Å². The van der Waals surface area contributed by atoms with Crippen molar-refractivity contribution in [2.75, 3.05) is 26.8 Å². The fraction of sp³-hybridized carbons (Fsp3) is 0.923. The highest BCUT2D eigenvalue weighted by molar-refractivity contribution is 5.76. The van der Waals surface area contributed by atoms with Gasteiger partial charge in [0.25, 0.3) is 0 Å². The predicted octanol–water partition coefficient (Wildman–Crippen LogP) is 1.39. The van der Waals surface area contributed by atoms with E-state index in [1.54, 1.807) is 7.11 Å². The molecule has 1 amide bonds. The first kappa shape index (κ1) is 14.5. The van der Waals surface area contributed by atoms with Crippen LogP contribution in [-0.2, 0) is 9.53 Å². The molecule has 17 heavy (non-hydrogen) atoms. The Balaban J connectivity index is 2.47. The monoisotopic (exact) mass is 242 g/mol. The summed E-state index contributed by atoms with van der Waals surface area (Å²) in [5.41, 5.74) is 5.61. The number of carbonyl (C=O) groups is 1. The smallest absolute Gasteiger partial charge is 0.223 e. The van der Waals surface area contributed by atoms with Gasteiger partial charge in [-0.05, 0) is 18.8 Å². The van der Waals surface area contributed by atoms with Gasteiger partial charge in [-0.2, -0.15) is 0 Å². The van der Waals surface area contributed by atoms with Crippen molar-refractivity contribution < 1.29 is 9.53 Å². The first-order chi connectivity index (χ1) is 8.19. The highest BCUT2D eigenvalue weighted by Crippen LogP contribution is 2.24. The van der Waals surface area contributed by atoms with Gasteiger partial charge in [-0.15, -0.1) is 0 Å². The molecule has 0 aromatic carbocycles. The first-order valence-electron chi connectivity index (χ1n) is 6.67. The number of nitrogens with two attached hydrogens (primary N) is 1. The van der Waals surface area contributed by atoms with E-state index in [0.29, 0.717) is 32.2 Å². The van der Waals surface area contributed by atoms with E-state index in [1.165, 1.54) is 12.8 Å². The lowest BCUT2D eigenvalue weighted by atomic mass is 10.1. The van der Waals surface area contributed by atoms with Crippen molar-refractivity contribution >= 4 is 5.91 Å². The predicted molar refractivity (Wildman–Crippen MR) is 68.7 cm³/mol. The Morgan fingerprint density at radius 3 is 2.65 bits per heavy atom. The van der Waals surface area contributed by atoms with E-state index in [9.17, 15) is 4.79 Å². The van der Waals surface area contributed by atoms with E-state index in [0.717, 1.165) is 12.8 Å². The van der Waals surface area contributed by atoms with Crippen LogP contribution in [0.5, 0.6) is 0 Å². The number of ether oxygens (including phenoxy) is 1. The molecule has 1 fully saturated rings. The molecule has 0 aliphatic heterocycles. The molecule has 1 atom stereocenters. The number of nitrogens with zero attached hydrogens (tertiary/aromatic N) is 1. The van der Waals surface area contributed by atoms with E-state index in [-0.39, 0.29) is 11.8 Å². The number of rotatable bonds is 7. The van der Waals surface area contributed by atoms with E-state index in [2.05, 4.69) is 6.92 Å². The largest absolute Gasteiger partial charge is 0.384 e. The van der Waals surface area contributed by atoms with Crippen LogP contribution in [0.25, 0.3) is 0 Å². The molecule has 4 nitrogen and oxygen atoms in total. The molecule has 1 aliphatic rings. The maximum absolute atomic E-state index is 12.2. The Bertz CT molecular complexity index is 227. The maximum Gasteiger partial charge on any atom is 0.223 e. The van der Waals surface area contributed by atoms with E-state index < -0.39 is 0 Å². The Morgan fingerprint density at radius 1 is 1.47 bits per heavy atom. The summed E-state index contributed by atoms with van der Waals surface area (Å²) in [4.78, 5) is 14.2. The molecule has 0 radical (unpaired) electrons. The molecular formula is C13H26N2O2. The summed E-state index contributed by atoms with van der Waals surface area (Å²) in [5, 5.41) is 0. The van der Waals surface area contributed by atoms with Crippen LogP contribution < -0.4 is 5.73 Å². The fourth-order valence-corrected chi connectivity index (χ4v) is 2.62. The molecule has 0 bridgehead atoms. The third-order valence-electron chi connectivity index (χ3n) is 3.43. The highest BCUT2D eigenvalue weighted by atomic mass is 16.5. The van der Waals surface area contributed by atoms with Gasteiger partial charge >= 0.3 is 0 Å². The third-order valence-corrected chi connectivity index (χ3v) is 3.43. The van der Waals surface area contributed by atoms with E-state index in [4.69, 9.17) is 10.5 Å². The standard InChI is InChI=1S/C13H26N2O2/c1-11(10-17-2)9-13(16)15(8-7-14)12-5-3-4-6-12/h11-12H,3-10,14H2,1-2H3. The minimum absolute atomic E-state index is 0.243. The molecule has 0 spiro atoms. The summed E-state index contributed by atoms with van der Waals surface area (Å²) in [6, 6.07) is 0.431. The average Bonchev–Trinajstić information content (AvgIpc) is 2.79. The Morgan fingerprint density at radius 2 is 2.12 bits per heavy atom. The van der Waals surface area contributed by atoms with Gasteiger partial charge in [0, 0.05) is 39.3 Å². The lowest BCUT2D eigenvalue weighted by Crippen LogP contribution is -2.42. The topological polar surface area (TPSA) is 55.6 Å². The summed E-state index contributed by atoms with van der Waals surface area (Å²) in [6.07, 6.45) is 5.35. The summed E-state index contributed by atoms with van der Waals surface area (Å²) in [6.45, 7) is 3.95. The quantitative estimate of drug-likeness (QED) is 0.734. The van der Waals surface area contributed by atoms with E-state index in [1.807, 2.05) is 4.90 Å². The molecular weight excluding hydrogens is 216 g/mol. The van der Waals surface area contributed by atoms with Crippen LogP contribution in [0.4, 0.5) is 0 Å². The normalized spacial score (nSPS) is 18.3. The second kappa shape index (κ2) is 7.67. The third kappa shape index (κ3) is 4.64. The minimum Gasteiger partial charge on any atom is -0.384 e. The zero-order valence-electron chi connectivity index (χ0n) is 11.2. The van der Waals surface area contributed by atoms with Gasteiger partial charge in [0.05, 0.1) is 0 Å². The van der Waals surface area contributed by atoms with Gasteiger partial charge < -0.3 is 15.4 Å². The number of hydrogen-bond donors (Lipinski definition) is 1. The van der Waals surface area contributed by atoms with Crippen molar-refractivity contribution in [2.24, 2.45) is 11.7 Å². The van der Waals surface area contributed by atoms with Crippen molar-refractivity contribution in [2.45, 2.75) is 45.1 Å². The van der Waals surface area contributed by atoms with Crippen LogP contribution >= 0.6 is 0 Å². The molecule has 1 aliphatic carbocycles. The zero-order valence-corrected chi connectivity index (χ0v) is 11.2. The molecule has 100 valence electrons. The molecule has 0 saturated heterocycles. The summed E-state index contributed by atoms with van der Waals surface area (Å²) >= 11 is 0. The first-order valence-corrected chi connectivity index (χ1v) is 6.67. The van der Waals surface area contributed by atoms with Gasteiger partial charge in [-0.3, -0.25) is 4.79 Å². The van der Waals surface area contributed by atoms with Crippen LogP contribution in [-0.4, -0.2) is 43.7 Å². The highest BCUT2D eigenvalue weighted by Gasteiger charge is 2.26.